The van der Waals surface area contributed by atoms with Gasteiger partial charge in [-0.2, -0.15) is 0 Å². The Bertz CT molecular complexity index is 467. The van der Waals surface area contributed by atoms with Gasteiger partial charge in [-0.1, -0.05) is 11.6 Å². The zero-order chi connectivity index (χ0) is 10.1. The molecule has 0 unspecified atom stereocenters. The summed E-state index contributed by atoms with van der Waals surface area (Å²) >= 11 is 5.81. The van der Waals surface area contributed by atoms with E-state index >= 15 is 0 Å². The van der Waals surface area contributed by atoms with Gasteiger partial charge < -0.3 is 15.8 Å². The van der Waals surface area contributed by atoms with E-state index in [1.807, 2.05) is 0 Å². The van der Waals surface area contributed by atoms with E-state index in [4.69, 9.17) is 22.4 Å². The van der Waals surface area contributed by atoms with Gasteiger partial charge in [-0.05, 0) is 18.2 Å². The second-order valence-corrected chi connectivity index (χ2v) is 3.29. The Balaban J connectivity index is 2.55. The molecule has 0 fully saturated rings. The van der Waals surface area contributed by atoms with E-state index in [1.54, 1.807) is 18.2 Å². The fourth-order valence-corrected chi connectivity index (χ4v) is 1.35. The van der Waals surface area contributed by atoms with Crippen molar-refractivity contribution >= 4 is 17.3 Å². The van der Waals surface area contributed by atoms with Crippen molar-refractivity contribution in [2.24, 2.45) is 0 Å². The molecule has 1 aromatic heterocycles. The predicted octanol–water partition coefficient (Wildman–Crippen LogP) is 2.02. The molecule has 0 spiro atoms. The lowest BCUT2D eigenvalue weighted by Gasteiger charge is -2.02. The molecule has 0 aliphatic carbocycles. The molecule has 1 heterocycles. The Morgan fingerprint density at radius 3 is 2.86 bits per heavy atom. The molecule has 0 aliphatic heterocycles. The third-order valence-electron chi connectivity index (χ3n) is 1.83. The van der Waals surface area contributed by atoms with Crippen LogP contribution >= 0.6 is 11.6 Å². The van der Waals surface area contributed by atoms with E-state index in [9.17, 15) is 0 Å². The van der Waals surface area contributed by atoms with E-state index in [-0.39, 0.29) is 5.88 Å². The molecular weight excluding hydrogens is 202 g/mol. The summed E-state index contributed by atoms with van der Waals surface area (Å²) in [6.45, 7) is 0. The minimum Gasteiger partial charge on any atom is -0.493 e. The van der Waals surface area contributed by atoms with Crippen molar-refractivity contribution in [3.8, 4) is 17.3 Å². The van der Waals surface area contributed by atoms with Gasteiger partial charge in [-0.15, -0.1) is 0 Å². The highest BCUT2D eigenvalue weighted by Gasteiger charge is 2.06. The first-order valence-corrected chi connectivity index (χ1v) is 4.34. The minimum absolute atomic E-state index is 0.000578. The standard InChI is InChI=1S/C9H8ClN3O/c10-5-1-2-7(11)6(3-5)9-12-4-8(14)13-9/h1-4,14H,11H2,(H,12,13). The summed E-state index contributed by atoms with van der Waals surface area (Å²) in [6, 6.07) is 5.08. The smallest absolute Gasteiger partial charge is 0.208 e. The Labute approximate surface area is 85.4 Å². The minimum atomic E-state index is -0.000578. The molecule has 0 saturated carbocycles. The van der Waals surface area contributed by atoms with Crippen LogP contribution in [0.15, 0.2) is 24.4 Å². The SMILES string of the molecule is Nc1ccc(Cl)cc1-c1ncc(O)[nH]1. The number of imidazole rings is 1. The van der Waals surface area contributed by atoms with E-state index in [1.165, 1.54) is 6.20 Å². The molecule has 0 aliphatic rings. The average molecular weight is 210 g/mol. The highest BCUT2D eigenvalue weighted by molar-refractivity contribution is 6.31. The van der Waals surface area contributed by atoms with Crippen LogP contribution in [-0.2, 0) is 0 Å². The first-order valence-electron chi connectivity index (χ1n) is 3.96. The van der Waals surface area contributed by atoms with Crippen molar-refractivity contribution in [3.05, 3.63) is 29.4 Å². The lowest BCUT2D eigenvalue weighted by Crippen LogP contribution is -1.90. The van der Waals surface area contributed by atoms with Gasteiger partial charge in [0.15, 0.2) is 0 Å². The lowest BCUT2D eigenvalue weighted by atomic mass is 10.2. The molecule has 72 valence electrons. The summed E-state index contributed by atoms with van der Waals surface area (Å²) in [5.41, 5.74) is 6.97. The topological polar surface area (TPSA) is 74.9 Å². The number of hydrogen-bond donors (Lipinski definition) is 3. The van der Waals surface area contributed by atoms with Crippen LogP contribution in [0.4, 0.5) is 5.69 Å². The second-order valence-electron chi connectivity index (χ2n) is 2.85. The zero-order valence-corrected chi connectivity index (χ0v) is 7.92. The summed E-state index contributed by atoms with van der Waals surface area (Å²) in [4.78, 5) is 6.61. The van der Waals surface area contributed by atoms with Gasteiger partial charge >= 0.3 is 0 Å². The maximum atomic E-state index is 9.08. The van der Waals surface area contributed by atoms with Crippen LogP contribution in [0, 0.1) is 0 Å². The van der Waals surface area contributed by atoms with E-state index in [0.29, 0.717) is 22.1 Å². The normalized spacial score (nSPS) is 10.4. The molecule has 0 saturated heterocycles. The van der Waals surface area contributed by atoms with E-state index < -0.39 is 0 Å². The Morgan fingerprint density at radius 2 is 2.21 bits per heavy atom. The van der Waals surface area contributed by atoms with Crippen molar-refractivity contribution in [3.63, 3.8) is 0 Å². The third kappa shape index (κ3) is 1.52. The van der Waals surface area contributed by atoms with Crippen LogP contribution in [0.3, 0.4) is 0 Å². The molecule has 4 N–H and O–H groups in total. The number of nitrogens with one attached hydrogen (secondary N) is 1. The molecular formula is C9H8ClN3O. The van der Waals surface area contributed by atoms with E-state index in [0.717, 1.165) is 0 Å². The molecule has 2 rings (SSSR count). The molecule has 0 atom stereocenters. The molecule has 14 heavy (non-hydrogen) atoms. The van der Waals surface area contributed by atoms with Crippen LogP contribution in [0.25, 0.3) is 11.4 Å². The number of aromatic amines is 1. The summed E-state index contributed by atoms with van der Waals surface area (Å²) in [7, 11) is 0. The van der Waals surface area contributed by atoms with Crippen LogP contribution in [0.5, 0.6) is 5.88 Å². The number of hydrogen-bond acceptors (Lipinski definition) is 3. The number of nitrogens with two attached hydrogens (primary N) is 1. The lowest BCUT2D eigenvalue weighted by molar-refractivity contribution is 0.457. The van der Waals surface area contributed by atoms with Crippen LogP contribution in [-0.4, -0.2) is 15.1 Å². The molecule has 5 heteroatoms. The molecule has 4 nitrogen and oxygen atoms in total. The van der Waals surface area contributed by atoms with Crippen molar-refractivity contribution < 1.29 is 5.11 Å². The number of aromatic hydroxyl groups is 1. The van der Waals surface area contributed by atoms with Crippen LogP contribution in [0.1, 0.15) is 0 Å². The largest absolute Gasteiger partial charge is 0.493 e. The van der Waals surface area contributed by atoms with Crippen molar-refractivity contribution in [1.82, 2.24) is 9.97 Å². The summed E-state index contributed by atoms with van der Waals surface area (Å²) in [6.07, 6.45) is 1.32. The van der Waals surface area contributed by atoms with Gasteiger partial charge in [0, 0.05) is 16.3 Å². The van der Waals surface area contributed by atoms with Gasteiger partial charge in [0.1, 0.15) is 5.82 Å². The monoisotopic (exact) mass is 209 g/mol. The fourth-order valence-electron chi connectivity index (χ4n) is 1.18. The third-order valence-corrected chi connectivity index (χ3v) is 2.07. The number of aromatic nitrogens is 2. The van der Waals surface area contributed by atoms with Crippen LogP contribution in [0.2, 0.25) is 5.02 Å². The highest BCUT2D eigenvalue weighted by atomic mass is 35.5. The van der Waals surface area contributed by atoms with Gasteiger partial charge in [0.2, 0.25) is 5.88 Å². The number of halogens is 1. The highest BCUT2D eigenvalue weighted by Crippen LogP contribution is 2.27. The summed E-state index contributed by atoms with van der Waals surface area (Å²) < 4.78 is 0. The van der Waals surface area contributed by atoms with E-state index in [2.05, 4.69) is 9.97 Å². The summed E-state index contributed by atoms with van der Waals surface area (Å²) in [5, 5.41) is 9.66. The van der Waals surface area contributed by atoms with Gasteiger partial charge in [0.05, 0.1) is 6.20 Å². The van der Waals surface area contributed by atoms with Gasteiger partial charge in [-0.3, -0.25) is 0 Å². The Morgan fingerprint density at radius 1 is 1.43 bits per heavy atom. The van der Waals surface area contributed by atoms with Crippen molar-refractivity contribution in [2.75, 3.05) is 5.73 Å². The van der Waals surface area contributed by atoms with Gasteiger partial charge in [0.25, 0.3) is 0 Å². The predicted molar refractivity (Wildman–Crippen MR) is 55.1 cm³/mol. The molecule has 0 radical (unpaired) electrons. The maximum Gasteiger partial charge on any atom is 0.208 e. The number of H-pyrrole nitrogens is 1. The van der Waals surface area contributed by atoms with Crippen LogP contribution < -0.4 is 5.73 Å². The fraction of sp³-hybridized carbons (Fsp3) is 0. The quantitative estimate of drug-likeness (QED) is 0.629. The number of anilines is 1. The van der Waals surface area contributed by atoms with Crippen molar-refractivity contribution in [1.29, 1.82) is 0 Å². The summed E-state index contributed by atoms with van der Waals surface area (Å²) in [5.74, 6) is 0.502. The molecule has 2 aromatic rings. The number of benzene rings is 1. The Kier molecular flexibility index (Phi) is 2.05. The Hall–Kier alpha value is -1.68. The average Bonchev–Trinajstić information content (AvgIpc) is 2.56. The first-order chi connectivity index (χ1) is 6.66. The number of nitrogen functional groups attached to an aromatic ring is 1. The zero-order valence-electron chi connectivity index (χ0n) is 7.16. The maximum absolute atomic E-state index is 9.08. The molecule has 1 aromatic carbocycles. The molecule has 0 bridgehead atoms. The van der Waals surface area contributed by atoms with Crippen molar-refractivity contribution in [2.45, 2.75) is 0 Å². The van der Waals surface area contributed by atoms with Gasteiger partial charge in [-0.25, -0.2) is 4.98 Å². The second kappa shape index (κ2) is 3.23. The number of nitrogens with zero attached hydrogens (tertiary/aromatic N) is 1. The number of rotatable bonds is 1. The first kappa shape index (κ1) is 8.90. The molecule has 0 amide bonds.